The molecule has 2 N–H and O–H groups in total. The number of phenols is 1. The number of anilines is 1. The zero-order valence-electron chi connectivity index (χ0n) is 15.3. The van der Waals surface area contributed by atoms with E-state index in [0.29, 0.717) is 17.7 Å². The molecule has 0 aliphatic heterocycles. The summed E-state index contributed by atoms with van der Waals surface area (Å²) < 4.78 is 24.3. The average Bonchev–Trinajstić information content (AvgIpc) is 2.68. The number of benzene rings is 2. The van der Waals surface area contributed by atoms with Crippen LogP contribution in [0.2, 0.25) is 0 Å². The molecule has 28 heavy (non-hydrogen) atoms. The van der Waals surface area contributed by atoms with Gasteiger partial charge in [-0.2, -0.15) is 12.6 Å². The molecule has 0 saturated heterocycles. The average molecular weight is 407 g/mol. The number of aromatic hydroxyl groups is 1. The molecule has 0 fully saturated rings. The van der Waals surface area contributed by atoms with Gasteiger partial charge in [-0.25, -0.2) is 9.18 Å². The molecular weight excluding hydrogens is 385 g/mol. The van der Waals surface area contributed by atoms with Crippen molar-refractivity contribution in [2.75, 3.05) is 17.7 Å². The van der Waals surface area contributed by atoms with E-state index in [9.17, 15) is 19.1 Å². The molecule has 0 aromatic heterocycles. The molecule has 0 unspecified atom stereocenters. The Morgan fingerprint density at radius 3 is 2.57 bits per heavy atom. The van der Waals surface area contributed by atoms with Gasteiger partial charge in [-0.15, -0.1) is 0 Å². The minimum absolute atomic E-state index is 0.0308. The molecule has 0 aliphatic carbocycles. The number of thiol groups is 1. The van der Waals surface area contributed by atoms with Crippen molar-refractivity contribution >= 4 is 30.4 Å². The monoisotopic (exact) mass is 407 g/mol. The van der Waals surface area contributed by atoms with Gasteiger partial charge in [-0.05, 0) is 36.2 Å². The van der Waals surface area contributed by atoms with Gasteiger partial charge in [0.2, 0.25) is 0 Å². The molecule has 0 saturated carbocycles. The zero-order chi connectivity index (χ0) is 20.5. The van der Waals surface area contributed by atoms with E-state index >= 15 is 0 Å². The first-order chi connectivity index (χ1) is 13.4. The van der Waals surface area contributed by atoms with Crippen LogP contribution in [0.4, 0.5) is 14.9 Å². The number of hydrogen-bond acceptors (Lipinski definition) is 6. The topological polar surface area (TPSA) is 84.9 Å². The SMILES string of the molecule is C[C@H](CCOC(=O)CS)[C@@H](OC(=O)Nc1ccccc1)c1ccc(O)c(F)c1. The van der Waals surface area contributed by atoms with Crippen LogP contribution in [-0.2, 0) is 14.3 Å². The van der Waals surface area contributed by atoms with Crippen LogP contribution in [0.15, 0.2) is 48.5 Å². The molecule has 150 valence electrons. The number of phenolic OH excluding ortho intramolecular Hbond substituents is 1. The lowest BCUT2D eigenvalue weighted by atomic mass is 9.94. The molecular formula is C20H22FNO5S. The molecule has 2 rings (SSSR count). The second-order valence-electron chi connectivity index (χ2n) is 6.17. The molecule has 8 heteroatoms. The molecule has 2 aromatic carbocycles. The summed E-state index contributed by atoms with van der Waals surface area (Å²) in [6.07, 6.45) is -1.14. The number of ether oxygens (including phenoxy) is 2. The minimum Gasteiger partial charge on any atom is -0.505 e. The predicted octanol–water partition coefficient (Wildman–Crippen LogP) is 4.32. The Labute approximate surface area is 168 Å². The van der Waals surface area contributed by atoms with Gasteiger partial charge in [0.1, 0.15) is 6.10 Å². The second kappa shape index (κ2) is 10.6. The summed E-state index contributed by atoms with van der Waals surface area (Å²) >= 11 is 3.83. The molecule has 1 amide bonds. The summed E-state index contributed by atoms with van der Waals surface area (Å²) in [5.74, 6) is -2.09. The number of halogens is 1. The molecule has 0 bridgehead atoms. The lowest BCUT2D eigenvalue weighted by Gasteiger charge is -2.25. The largest absolute Gasteiger partial charge is 0.505 e. The highest BCUT2D eigenvalue weighted by Crippen LogP contribution is 2.31. The van der Waals surface area contributed by atoms with Crippen LogP contribution in [0.3, 0.4) is 0 Å². The Morgan fingerprint density at radius 1 is 1.21 bits per heavy atom. The normalized spacial score (nSPS) is 12.7. The van der Waals surface area contributed by atoms with Crippen molar-refractivity contribution in [1.29, 1.82) is 0 Å². The Balaban J connectivity index is 2.11. The third-order valence-corrected chi connectivity index (χ3v) is 4.29. The fraction of sp³-hybridized carbons (Fsp3) is 0.300. The molecule has 2 atom stereocenters. The highest BCUT2D eigenvalue weighted by Gasteiger charge is 2.25. The van der Waals surface area contributed by atoms with E-state index in [1.807, 2.05) is 6.07 Å². The Kier molecular flexibility index (Phi) is 8.13. The van der Waals surface area contributed by atoms with Gasteiger partial charge < -0.3 is 14.6 Å². The number of hydrogen-bond donors (Lipinski definition) is 3. The van der Waals surface area contributed by atoms with Gasteiger partial charge in [-0.3, -0.25) is 10.1 Å². The van der Waals surface area contributed by atoms with Gasteiger partial charge in [-0.1, -0.05) is 31.2 Å². The van der Waals surface area contributed by atoms with Gasteiger partial charge in [0.05, 0.1) is 12.4 Å². The van der Waals surface area contributed by atoms with Crippen molar-refractivity contribution < 1.29 is 28.6 Å². The fourth-order valence-electron chi connectivity index (χ4n) is 2.55. The van der Waals surface area contributed by atoms with Crippen LogP contribution in [0, 0.1) is 11.7 Å². The molecule has 0 spiro atoms. The number of para-hydroxylation sites is 1. The maximum Gasteiger partial charge on any atom is 0.412 e. The molecule has 0 aliphatic rings. The zero-order valence-corrected chi connectivity index (χ0v) is 16.2. The first kappa shape index (κ1) is 21.6. The minimum atomic E-state index is -0.816. The van der Waals surface area contributed by atoms with Crippen molar-refractivity contribution in [1.82, 2.24) is 0 Å². The van der Waals surface area contributed by atoms with Crippen molar-refractivity contribution in [3.63, 3.8) is 0 Å². The summed E-state index contributed by atoms with van der Waals surface area (Å²) in [4.78, 5) is 23.5. The smallest absolute Gasteiger partial charge is 0.412 e. The van der Waals surface area contributed by atoms with Crippen molar-refractivity contribution in [3.05, 3.63) is 59.9 Å². The summed E-state index contributed by atoms with van der Waals surface area (Å²) in [6.45, 7) is 1.90. The maximum atomic E-state index is 13.8. The van der Waals surface area contributed by atoms with E-state index in [1.54, 1.807) is 31.2 Å². The molecule has 0 radical (unpaired) electrons. The number of rotatable bonds is 8. The number of carbonyl (C=O) groups excluding carboxylic acids is 2. The highest BCUT2D eigenvalue weighted by molar-refractivity contribution is 7.81. The summed E-state index contributed by atoms with van der Waals surface area (Å²) in [5, 5.41) is 12.0. The van der Waals surface area contributed by atoms with E-state index in [1.165, 1.54) is 12.1 Å². The third-order valence-electron chi connectivity index (χ3n) is 4.04. The molecule has 0 heterocycles. The fourth-order valence-corrected chi connectivity index (χ4v) is 2.64. The number of carbonyl (C=O) groups is 2. The standard InChI is InChI=1S/C20H22FNO5S/c1-13(9-10-26-18(24)12-28)19(14-7-8-17(23)16(21)11-14)27-20(25)22-15-5-3-2-4-6-15/h2-8,11,13,19,23,28H,9-10,12H2,1H3,(H,22,25)/t13-,19-/m1/s1. The second-order valence-corrected chi connectivity index (χ2v) is 6.49. The van der Waals surface area contributed by atoms with Gasteiger partial charge in [0, 0.05) is 11.6 Å². The Morgan fingerprint density at radius 2 is 1.93 bits per heavy atom. The quantitative estimate of drug-likeness (QED) is 0.448. The molecule has 6 nitrogen and oxygen atoms in total. The number of amides is 1. The van der Waals surface area contributed by atoms with Crippen LogP contribution < -0.4 is 5.32 Å². The maximum absolute atomic E-state index is 13.8. The van der Waals surface area contributed by atoms with E-state index in [4.69, 9.17) is 9.47 Å². The van der Waals surface area contributed by atoms with Gasteiger partial charge >= 0.3 is 12.1 Å². The first-order valence-corrected chi connectivity index (χ1v) is 9.31. The summed E-state index contributed by atoms with van der Waals surface area (Å²) in [6, 6.07) is 12.5. The first-order valence-electron chi connectivity index (χ1n) is 8.68. The van der Waals surface area contributed by atoms with Crippen LogP contribution in [0.25, 0.3) is 0 Å². The Bertz CT molecular complexity index is 802. The predicted molar refractivity (Wildman–Crippen MR) is 106 cm³/mol. The van der Waals surface area contributed by atoms with Gasteiger partial charge in [0.25, 0.3) is 0 Å². The van der Waals surface area contributed by atoms with E-state index in [2.05, 4.69) is 17.9 Å². The number of esters is 1. The van der Waals surface area contributed by atoms with Crippen molar-refractivity contribution in [2.24, 2.45) is 5.92 Å². The highest BCUT2D eigenvalue weighted by atomic mass is 32.1. The van der Waals surface area contributed by atoms with Crippen LogP contribution in [0.1, 0.15) is 25.0 Å². The third kappa shape index (κ3) is 6.45. The Hall–Kier alpha value is -2.74. The molecule has 2 aromatic rings. The lowest BCUT2D eigenvalue weighted by molar-refractivity contribution is -0.141. The van der Waals surface area contributed by atoms with Crippen LogP contribution in [0.5, 0.6) is 5.75 Å². The van der Waals surface area contributed by atoms with E-state index < -0.39 is 29.7 Å². The lowest BCUT2D eigenvalue weighted by Crippen LogP contribution is -2.23. The summed E-state index contributed by atoms with van der Waals surface area (Å²) in [5.41, 5.74) is 0.935. The van der Waals surface area contributed by atoms with Crippen LogP contribution >= 0.6 is 12.6 Å². The van der Waals surface area contributed by atoms with Crippen molar-refractivity contribution in [3.8, 4) is 5.75 Å². The van der Waals surface area contributed by atoms with E-state index in [-0.39, 0.29) is 18.3 Å². The van der Waals surface area contributed by atoms with Crippen molar-refractivity contribution in [2.45, 2.75) is 19.4 Å². The number of nitrogens with one attached hydrogen (secondary N) is 1. The van der Waals surface area contributed by atoms with E-state index in [0.717, 1.165) is 6.07 Å². The van der Waals surface area contributed by atoms with Gasteiger partial charge in [0.15, 0.2) is 11.6 Å². The summed E-state index contributed by atoms with van der Waals surface area (Å²) in [7, 11) is 0. The van der Waals surface area contributed by atoms with Crippen LogP contribution in [-0.4, -0.2) is 29.5 Å².